The zero-order valence-corrected chi connectivity index (χ0v) is 18.1. The van der Waals surface area contributed by atoms with E-state index in [2.05, 4.69) is 4.98 Å². The number of rotatable bonds is 3. The number of benzene rings is 4. The summed E-state index contributed by atoms with van der Waals surface area (Å²) in [5, 5.41) is 1.27. The first kappa shape index (κ1) is 20.6. The predicted octanol–water partition coefficient (Wildman–Crippen LogP) is 5.33. The van der Waals surface area contributed by atoms with Crippen molar-refractivity contribution in [2.24, 2.45) is 0 Å². The number of carbonyl (C=O) groups excluding carboxylic acids is 1. The molecule has 0 aliphatic heterocycles. The molecule has 0 bridgehead atoms. The fraction of sp³-hybridized carbons (Fsp3) is 0. The first-order chi connectivity index (χ1) is 17.1. The van der Waals surface area contributed by atoms with Gasteiger partial charge in [0.15, 0.2) is 5.52 Å². The summed E-state index contributed by atoms with van der Waals surface area (Å²) in [7, 11) is 0. The molecule has 0 fully saturated rings. The lowest BCUT2D eigenvalue weighted by atomic mass is 10.0. The van der Waals surface area contributed by atoms with Crippen LogP contribution in [0.4, 0.5) is 0 Å². The highest BCUT2D eigenvalue weighted by Crippen LogP contribution is 2.35. The van der Waals surface area contributed by atoms with E-state index in [4.69, 9.17) is 13.6 Å². The Balaban J connectivity index is 1.64. The Morgan fingerprint density at radius 2 is 1.37 bits per heavy atom. The van der Waals surface area contributed by atoms with Crippen molar-refractivity contribution in [3.63, 3.8) is 0 Å². The van der Waals surface area contributed by atoms with Gasteiger partial charge in [-0.1, -0.05) is 60.7 Å². The van der Waals surface area contributed by atoms with E-state index in [0.717, 1.165) is 0 Å². The average molecular weight is 461 g/mol. The van der Waals surface area contributed by atoms with Gasteiger partial charge < -0.3 is 13.6 Å². The number of aromatic nitrogens is 1. The Hall–Kier alpha value is -5.04. The van der Waals surface area contributed by atoms with Crippen LogP contribution >= 0.6 is 0 Å². The van der Waals surface area contributed by atoms with Gasteiger partial charge in [-0.3, -0.25) is 0 Å². The molecule has 0 atom stereocenters. The summed E-state index contributed by atoms with van der Waals surface area (Å²) >= 11 is 0. The molecular formula is C28H15NO6. The Kier molecular flexibility index (Phi) is 4.74. The van der Waals surface area contributed by atoms with E-state index in [0.29, 0.717) is 21.9 Å². The summed E-state index contributed by atoms with van der Waals surface area (Å²) in [5.74, 6) is -0.344. The maximum atomic E-state index is 13.1. The second-order valence-electron chi connectivity index (χ2n) is 7.84. The lowest BCUT2D eigenvalue weighted by molar-refractivity contribution is 0.0737. The molecule has 7 nitrogen and oxygen atoms in total. The van der Waals surface area contributed by atoms with Crippen LogP contribution in [0.15, 0.2) is 109 Å². The molecule has 0 aliphatic carbocycles. The Labute approximate surface area is 196 Å². The van der Waals surface area contributed by atoms with Gasteiger partial charge in [-0.05, 0) is 30.3 Å². The van der Waals surface area contributed by atoms with E-state index in [1.54, 1.807) is 78.9 Å². The van der Waals surface area contributed by atoms with Crippen molar-refractivity contribution >= 4 is 38.6 Å². The van der Waals surface area contributed by atoms with Crippen molar-refractivity contribution in [1.29, 1.82) is 0 Å². The highest BCUT2D eigenvalue weighted by Gasteiger charge is 2.21. The molecule has 0 radical (unpaired) electrons. The molecular weight excluding hydrogens is 446 g/mol. The third-order valence-electron chi connectivity index (χ3n) is 5.69. The third kappa shape index (κ3) is 3.46. The second-order valence-corrected chi connectivity index (χ2v) is 7.84. The summed E-state index contributed by atoms with van der Waals surface area (Å²) in [4.78, 5) is 43.1. The minimum absolute atomic E-state index is 0.00580. The van der Waals surface area contributed by atoms with Crippen LogP contribution in [-0.2, 0) is 0 Å². The van der Waals surface area contributed by atoms with Gasteiger partial charge in [-0.25, -0.2) is 19.4 Å². The molecule has 2 heterocycles. The van der Waals surface area contributed by atoms with Crippen molar-refractivity contribution in [2.45, 2.75) is 0 Å². The summed E-state index contributed by atoms with van der Waals surface area (Å²) in [5.41, 5.74) is -0.585. The van der Waals surface area contributed by atoms with E-state index in [-0.39, 0.29) is 33.5 Å². The number of esters is 1. The van der Waals surface area contributed by atoms with Gasteiger partial charge in [0.25, 0.3) is 0 Å². The van der Waals surface area contributed by atoms with Gasteiger partial charge >= 0.3 is 17.2 Å². The molecule has 0 aliphatic rings. The lowest BCUT2D eigenvalue weighted by Crippen LogP contribution is -2.12. The smallest absolute Gasteiger partial charge is 0.363 e. The van der Waals surface area contributed by atoms with Crippen LogP contribution in [0.1, 0.15) is 10.4 Å². The maximum Gasteiger partial charge on any atom is 0.363 e. The number of fused-ring (bicyclic) bond motifs is 5. The van der Waals surface area contributed by atoms with Gasteiger partial charge in [0.2, 0.25) is 5.89 Å². The largest absolute Gasteiger partial charge is 0.422 e. The van der Waals surface area contributed by atoms with E-state index >= 15 is 0 Å². The number of carbonyl (C=O) groups is 1. The molecule has 2 aromatic heterocycles. The van der Waals surface area contributed by atoms with Crippen molar-refractivity contribution in [3.05, 3.63) is 117 Å². The van der Waals surface area contributed by atoms with E-state index < -0.39 is 17.2 Å². The highest BCUT2D eigenvalue weighted by atomic mass is 16.5. The molecule has 0 spiro atoms. The second kappa shape index (κ2) is 8.07. The number of hydrogen-bond acceptors (Lipinski definition) is 7. The fourth-order valence-corrected chi connectivity index (χ4v) is 4.07. The Bertz CT molecular complexity index is 1870. The van der Waals surface area contributed by atoms with E-state index in [9.17, 15) is 14.4 Å². The first-order valence-electron chi connectivity index (χ1n) is 10.8. The minimum atomic E-state index is -0.767. The van der Waals surface area contributed by atoms with Crippen molar-refractivity contribution < 1.29 is 18.4 Å². The molecule has 0 N–H and O–H groups in total. The van der Waals surface area contributed by atoms with Crippen LogP contribution < -0.4 is 16.0 Å². The minimum Gasteiger partial charge on any atom is -0.422 e. The predicted molar refractivity (Wildman–Crippen MR) is 131 cm³/mol. The molecule has 168 valence electrons. The van der Waals surface area contributed by atoms with Crippen molar-refractivity contribution in [3.8, 4) is 17.2 Å². The molecule has 0 saturated carbocycles. The van der Waals surface area contributed by atoms with Gasteiger partial charge in [0.1, 0.15) is 16.7 Å². The average Bonchev–Trinajstić information content (AvgIpc) is 2.90. The summed E-state index contributed by atoms with van der Waals surface area (Å²) in [6, 6.07) is 25.8. The summed E-state index contributed by atoms with van der Waals surface area (Å²) in [6.45, 7) is 0. The molecule has 4 aromatic carbocycles. The van der Waals surface area contributed by atoms with Gasteiger partial charge in [0.05, 0.1) is 5.56 Å². The summed E-state index contributed by atoms with van der Waals surface area (Å²) in [6.07, 6.45) is 0. The molecule has 0 amide bonds. The topological polar surface area (TPSA) is 99.6 Å². The van der Waals surface area contributed by atoms with Crippen LogP contribution in [0, 0.1) is 0 Å². The zero-order chi connectivity index (χ0) is 23.9. The lowest BCUT2D eigenvalue weighted by Gasteiger charge is -2.11. The molecule has 35 heavy (non-hydrogen) atoms. The van der Waals surface area contributed by atoms with E-state index in [1.807, 2.05) is 6.07 Å². The summed E-state index contributed by atoms with van der Waals surface area (Å²) < 4.78 is 16.8. The van der Waals surface area contributed by atoms with Crippen molar-refractivity contribution in [2.75, 3.05) is 0 Å². The van der Waals surface area contributed by atoms with E-state index in [1.165, 1.54) is 6.07 Å². The van der Waals surface area contributed by atoms with Crippen LogP contribution in [0.5, 0.6) is 5.75 Å². The normalized spacial score (nSPS) is 11.2. The van der Waals surface area contributed by atoms with Gasteiger partial charge in [-0.15, -0.1) is 0 Å². The van der Waals surface area contributed by atoms with Gasteiger partial charge in [-0.2, -0.15) is 0 Å². The van der Waals surface area contributed by atoms with Crippen LogP contribution in [0.25, 0.3) is 44.1 Å². The monoisotopic (exact) mass is 461 g/mol. The fourth-order valence-electron chi connectivity index (χ4n) is 4.07. The zero-order valence-electron chi connectivity index (χ0n) is 18.1. The Morgan fingerprint density at radius 3 is 2.11 bits per heavy atom. The molecule has 0 unspecified atom stereocenters. The Morgan fingerprint density at radius 1 is 0.714 bits per heavy atom. The molecule has 6 aromatic rings. The quantitative estimate of drug-likeness (QED) is 0.152. The first-order valence-corrected chi connectivity index (χ1v) is 10.8. The number of nitrogens with zero attached hydrogens (tertiary/aromatic N) is 1. The molecule has 7 heteroatoms. The highest BCUT2D eigenvalue weighted by molar-refractivity contribution is 6.15. The standard InChI is InChI=1S/C28H15NO6/c30-26(17-11-5-2-6-12-17)33-21-15-20-22-23(28(32)34-24(20)19-14-8-7-13-18(19)21)29-25(35-27(22)31)16-9-3-1-4-10-16/h1-15H. The van der Waals surface area contributed by atoms with Gasteiger partial charge in [0, 0.05) is 21.7 Å². The number of ether oxygens (including phenoxy) is 1. The molecule has 6 rings (SSSR count). The van der Waals surface area contributed by atoms with Crippen LogP contribution in [-0.4, -0.2) is 11.0 Å². The molecule has 0 saturated heterocycles. The van der Waals surface area contributed by atoms with Crippen molar-refractivity contribution in [1.82, 2.24) is 4.98 Å². The SMILES string of the molecule is O=C(Oc1cc2c(oc(=O)c3nc(-c4ccccc4)oc(=O)c32)c2ccccc12)c1ccccc1. The maximum absolute atomic E-state index is 13.1. The van der Waals surface area contributed by atoms with Crippen LogP contribution in [0.3, 0.4) is 0 Å². The van der Waals surface area contributed by atoms with Crippen LogP contribution in [0.2, 0.25) is 0 Å². The number of hydrogen-bond donors (Lipinski definition) is 0. The third-order valence-corrected chi connectivity index (χ3v) is 5.69.